The molecule has 2 rings (SSSR count). The fourth-order valence-electron chi connectivity index (χ4n) is 1.61. The molecule has 1 aromatic heterocycles. The van der Waals surface area contributed by atoms with Crippen LogP contribution >= 0.6 is 0 Å². The molecule has 0 saturated carbocycles. The van der Waals surface area contributed by atoms with Crippen LogP contribution in [-0.2, 0) is 6.54 Å². The van der Waals surface area contributed by atoms with Crippen molar-refractivity contribution in [2.75, 3.05) is 6.61 Å². The average molecular weight is 232 g/mol. The van der Waals surface area contributed by atoms with Crippen molar-refractivity contribution in [1.82, 2.24) is 9.55 Å². The second kappa shape index (κ2) is 5.39. The van der Waals surface area contributed by atoms with Gasteiger partial charge >= 0.3 is 0 Å². The number of ether oxygens (including phenoxy) is 1. The molecule has 90 valence electrons. The van der Waals surface area contributed by atoms with Gasteiger partial charge in [0.15, 0.2) is 0 Å². The Bertz CT molecular complexity index is 466. The molecule has 0 unspecified atom stereocenters. The molecule has 0 fully saturated rings. The van der Waals surface area contributed by atoms with E-state index in [1.54, 1.807) is 24.7 Å². The highest BCUT2D eigenvalue weighted by Gasteiger charge is 2.02. The quantitative estimate of drug-likeness (QED) is 0.805. The second-order valence-corrected chi connectivity index (χ2v) is 3.90. The third-order valence-electron chi connectivity index (χ3n) is 2.63. The Morgan fingerprint density at radius 3 is 3.06 bits per heavy atom. The standard InChI is InChI=1S/C13H16N2O2/c1-11-12(16)4-2-5-13(11)17-9-3-7-15-8-6-14-10-15/h2,4-6,8,10,16H,3,7,9H2,1H3. The lowest BCUT2D eigenvalue weighted by molar-refractivity contribution is 0.298. The third-order valence-corrected chi connectivity index (χ3v) is 2.63. The Kier molecular flexibility index (Phi) is 3.65. The lowest BCUT2D eigenvalue weighted by Gasteiger charge is -2.10. The van der Waals surface area contributed by atoms with E-state index in [1.807, 2.05) is 23.8 Å². The Balaban J connectivity index is 1.80. The zero-order valence-electron chi connectivity index (χ0n) is 9.84. The van der Waals surface area contributed by atoms with E-state index in [0.717, 1.165) is 24.3 Å². The van der Waals surface area contributed by atoms with Gasteiger partial charge in [0, 0.05) is 24.5 Å². The van der Waals surface area contributed by atoms with E-state index in [9.17, 15) is 5.11 Å². The van der Waals surface area contributed by atoms with Gasteiger partial charge < -0.3 is 14.4 Å². The van der Waals surface area contributed by atoms with Gasteiger partial charge in [-0.05, 0) is 25.5 Å². The van der Waals surface area contributed by atoms with Crippen molar-refractivity contribution in [3.8, 4) is 11.5 Å². The first-order valence-corrected chi connectivity index (χ1v) is 5.64. The van der Waals surface area contributed by atoms with Gasteiger partial charge in [-0.15, -0.1) is 0 Å². The minimum atomic E-state index is 0.275. The zero-order valence-corrected chi connectivity index (χ0v) is 9.84. The predicted octanol–water partition coefficient (Wildman–Crippen LogP) is 2.37. The number of aromatic nitrogens is 2. The molecule has 0 atom stereocenters. The minimum Gasteiger partial charge on any atom is -0.508 e. The summed E-state index contributed by atoms with van der Waals surface area (Å²) in [4.78, 5) is 3.97. The van der Waals surface area contributed by atoms with Gasteiger partial charge in [-0.1, -0.05) is 6.07 Å². The van der Waals surface area contributed by atoms with E-state index in [0.29, 0.717) is 6.61 Å². The molecule has 1 aromatic carbocycles. The summed E-state index contributed by atoms with van der Waals surface area (Å²) in [5, 5.41) is 9.51. The molecule has 0 bridgehead atoms. The molecule has 4 heteroatoms. The van der Waals surface area contributed by atoms with Gasteiger partial charge in [-0.2, -0.15) is 0 Å². The first-order chi connectivity index (χ1) is 8.27. The summed E-state index contributed by atoms with van der Waals surface area (Å²) in [6.45, 7) is 3.36. The lowest BCUT2D eigenvalue weighted by Crippen LogP contribution is -2.03. The summed E-state index contributed by atoms with van der Waals surface area (Å²) in [5.41, 5.74) is 0.787. The number of nitrogens with zero attached hydrogens (tertiary/aromatic N) is 2. The molecular formula is C13H16N2O2. The first kappa shape index (κ1) is 11.5. The number of aryl methyl sites for hydroxylation is 1. The SMILES string of the molecule is Cc1c(O)cccc1OCCCn1ccnc1. The minimum absolute atomic E-state index is 0.275. The maximum atomic E-state index is 9.51. The van der Waals surface area contributed by atoms with Crippen molar-refractivity contribution in [2.24, 2.45) is 0 Å². The van der Waals surface area contributed by atoms with Crippen LogP contribution in [0.3, 0.4) is 0 Å². The molecule has 0 saturated heterocycles. The topological polar surface area (TPSA) is 47.3 Å². The molecule has 2 aromatic rings. The van der Waals surface area contributed by atoms with Gasteiger partial charge in [0.05, 0.1) is 12.9 Å². The fraction of sp³-hybridized carbons (Fsp3) is 0.308. The zero-order chi connectivity index (χ0) is 12.1. The highest BCUT2D eigenvalue weighted by molar-refractivity contribution is 5.42. The molecule has 0 amide bonds. The van der Waals surface area contributed by atoms with Crippen molar-refractivity contribution < 1.29 is 9.84 Å². The van der Waals surface area contributed by atoms with Crippen LogP contribution in [0.1, 0.15) is 12.0 Å². The van der Waals surface area contributed by atoms with Crippen LogP contribution in [0.25, 0.3) is 0 Å². The van der Waals surface area contributed by atoms with Gasteiger partial charge in [-0.25, -0.2) is 4.98 Å². The molecule has 0 aliphatic rings. The van der Waals surface area contributed by atoms with Crippen LogP contribution in [-0.4, -0.2) is 21.3 Å². The van der Waals surface area contributed by atoms with E-state index >= 15 is 0 Å². The molecule has 17 heavy (non-hydrogen) atoms. The van der Waals surface area contributed by atoms with Crippen molar-refractivity contribution in [3.63, 3.8) is 0 Å². The predicted molar refractivity (Wildman–Crippen MR) is 65.2 cm³/mol. The molecular weight excluding hydrogens is 216 g/mol. The second-order valence-electron chi connectivity index (χ2n) is 3.90. The summed E-state index contributed by atoms with van der Waals surface area (Å²) < 4.78 is 7.63. The van der Waals surface area contributed by atoms with Crippen LogP contribution in [0, 0.1) is 6.92 Å². The number of rotatable bonds is 5. The summed E-state index contributed by atoms with van der Waals surface area (Å²) in [6.07, 6.45) is 6.39. The maximum absolute atomic E-state index is 9.51. The maximum Gasteiger partial charge on any atom is 0.125 e. The molecule has 4 nitrogen and oxygen atoms in total. The Hall–Kier alpha value is -1.97. The Morgan fingerprint density at radius 2 is 2.29 bits per heavy atom. The largest absolute Gasteiger partial charge is 0.508 e. The Morgan fingerprint density at radius 1 is 1.41 bits per heavy atom. The number of aromatic hydroxyl groups is 1. The van der Waals surface area contributed by atoms with Crippen molar-refractivity contribution in [1.29, 1.82) is 0 Å². The van der Waals surface area contributed by atoms with Crippen LogP contribution < -0.4 is 4.74 Å². The lowest BCUT2D eigenvalue weighted by atomic mass is 10.2. The van der Waals surface area contributed by atoms with Gasteiger partial charge in [0.2, 0.25) is 0 Å². The number of benzene rings is 1. The van der Waals surface area contributed by atoms with Crippen LogP contribution in [0.4, 0.5) is 0 Å². The molecule has 1 N–H and O–H groups in total. The summed E-state index contributed by atoms with van der Waals surface area (Å²) >= 11 is 0. The first-order valence-electron chi connectivity index (χ1n) is 5.64. The summed E-state index contributed by atoms with van der Waals surface area (Å²) in [6, 6.07) is 5.31. The smallest absolute Gasteiger partial charge is 0.125 e. The van der Waals surface area contributed by atoms with E-state index in [2.05, 4.69) is 4.98 Å². The monoisotopic (exact) mass is 232 g/mol. The number of imidazole rings is 1. The van der Waals surface area contributed by atoms with Crippen molar-refractivity contribution in [3.05, 3.63) is 42.5 Å². The summed E-state index contributed by atoms with van der Waals surface area (Å²) in [5.74, 6) is 1.02. The van der Waals surface area contributed by atoms with Crippen LogP contribution in [0.15, 0.2) is 36.9 Å². The highest BCUT2D eigenvalue weighted by Crippen LogP contribution is 2.25. The number of phenolic OH excluding ortho intramolecular Hbond substituents is 1. The number of hydrogen-bond acceptors (Lipinski definition) is 3. The molecule has 1 heterocycles. The van der Waals surface area contributed by atoms with E-state index < -0.39 is 0 Å². The van der Waals surface area contributed by atoms with Gasteiger partial charge in [0.25, 0.3) is 0 Å². The van der Waals surface area contributed by atoms with Crippen LogP contribution in [0.5, 0.6) is 11.5 Å². The molecule has 0 spiro atoms. The van der Waals surface area contributed by atoms with E-state index in [4.69, 9.17) is 4.74 Å². The number of hydrogen-bond donors (Lipinski definition) is 1. The summed E-state index contributed by atoms with van der Waals surface area (Å²) in [7, 11) is 0. The van der Waals surface area contributed by atoms with Crippen molar-refractivity contribution >= 4 is 0 Å². The molecule has 0 aliphatic heterocycles. The van der Waals surface area contributed by atoms with Gasteiger partial charge in [0.1, 0.15) is 11.5 Å². The van der Waals surface area contributed by atoms with Crippen molar-refractivity contribution in [2.45, 2.75) is 19.9 Å². The van der Waals surface area contributed by atoms with E-state index in [-0.39, 0.29) is 5.75 Å². The highest BCUT2D eigenvalue weighted by atomic mass is 16.5. The fourth-order valence-corrected chi connectivity index (χ4v) is 1.61. The normalized spacial score (nSPS) is 10.4. The van der Waals surface area contributed by atoms with Gasteiger partial charge in [-0.3, -0.25) is 0 Å². The van der Waals surface area contributed by atoms with E-state index in [1.165, 1.54) is 0 Å². The molecule has 0 aliphatic carbocycles. The third kappa shape index (κ3) is 3.00. The van der Waals surface area contributed by atoms with Crippen LogP contribution in [0.2, 0.25) is 0 Å². The average Bonchev–Trinajstić information content (AvgIpc) is 2.83. The molecule has 0 radical (unpaired) electrons. The Labute approximate surface area is 100 Å². The number of phenols is 1.